The second-order valence-corrected chi connectivity index (χ2v) is 4.11. The third kappa shape index (κ3) is 1.46. The normalized spacial score (nSPS) is 31.2. The van der Waals surface area contributed by atoms with Gasteiger partial charge in [0.05, 0.1) is 12.1 Å². The lowest BCUT2D eigenvalue weighted by Crippen LogP contribution is -2.34. The number of likely N-dealkylation sites (tertiary alicyclic amines) is 1. The number of hydrogen-bond acceptors (Lipinski definition) is 3. The van der Waals surface area contributed by atoms with Crippen molar-refractivity contribution in [2.45, 2.75) is 38.4 Å². The van der Waals surface area contributed by atoms with Crippen molar-refractivity contribution in [3.63, 3.8) is 0 Å². The lowest BCUT2D eigenvalue weighted by molar-refractivity contribution is -0.138. The molecular formula is C9H13NO3. The van der Waals surface area contributed by atoms with Crippen LogP contribution in [-0.4, -0.2) is 35.0 Å². The average molecular weight is 183 g/mol. The second kappa shape index (κ2) is 2.54. The van der Waals surface area contributed by atoms with Gasteiger partial charge in [-0.25, -0.2) is 0 Å². The summed E-state index contributed by atoms with van der Waals surface area (Å²) in [6.07, 6.45) is 0.774. The van der Waals surface area contributed by atoms with Gasteiger partial charge in [0.1, 0.15) is 6.10 Å². The van der Waals surface area contributed by atoms with Crippen molar-refractivity contribution in [2.24, 2.45) is 0 Å². The van der Waals surface area contributed by atoms with Crippen molar-refractivity contribution in [3.8, 4) is 0 Å². The van der Waals surface area contributed by atoms with Crippen LogP contribution in [0.15, 0.2) is 0 Å². The Morgan fingerprint density at radius 3 is 2.23 bits per heavy atom. The summed E-state index contributed by atoms with van der Waals surface area (Å²) in [6.45, 7) is 4.36. The Morgan fingerprint density at radius 1 is 1.38 bits per heavy atom. The SMILES string of the molecule is CC1(C)OC1CN1C(=O)CCC1=O. The van der Waals surface area contributed by atoms with Gasteiger partial charge in [0, 0.05) is 12.8 Å². The Morgan fingerprint density at radius 2 is 1.85 bits per heavy atom. The number of hydrogen-bond donors (Lipinski definition) is 0. The lowest BCUT2D eigenvalue weighted by atomic mass is 10.1. The minimum atomic E-state index is -0.150. The van der Waals surface area contributed by atoms with Gasteiger partial charge in [-0.15, -0.1) is 0 Å². The van der Waals surface area contributed by atoms with E-state index in [1.807, 2.05) is 13.8 Å². The summed E-state index contributed by atoms with van der Waals surface area (Å²) in [5.74, 6) is -0.118. The van der Waals surface area contributed by atoms with E-state index >= 15 is 0 Å². The fourth-order valence-electron chi connectivity index (χ4n) is 1.58. The number of amides is 2. The molecule has 2 aliphatic heterocycles. The number of epoxide rings is 1. The Hall–Kier alpha value is -0.900. The van der Waals surface area contributed by atoms with Crippen LogP contribution in [0.3, 0.4) is 0 Å². The zero-order valence-corrected chi connectivity index (χ0v) is 7.87. The molecule has 2 aliphatic rings. The summed E-state index contributed by atoms with van der Waals surface area (Å²) in [5, 5.41) is 0. The van der Waals surface area contributed by atoms with Crippen LogP contribution >= 0.6 is 0 Å². The summed E-state index contributed by atoms with van der Waals surface area (Å²) in [6, 6.07) is 0. The first-order chi connectivity index (χ1) is 6.00. The molecule has 2 heterocycles. The van der Waals surface area contributed by atoms with E-state index < -0.39 is 0 Å². The molecule has 0 aromatic carbocycles. The maximum atomic E-state index is 11.2. The van der Waals surface area contributed by atoms with Crippen molar-refractivity contribution < 1.29 is 14.3 Å². The predicted molar refractivity (Wildman–Crippen MR) is 44.9 cm³/mol. The number of ether oxygens (including phenoxy) is 1. The maximum absolute atomic E-state index is 11.2. The Bertz CT molecular complexity index is 256. The van der Waals surface area contributed by atoms with Crippen LogP contribution in [0.2, 0.25) is 0 Å². The van der Waals surface area contributed by atoms with Crippen LogP contribution < -0.4 is 0 Å². The van der Waals surface area contributed by atoms with Crippen LogP contribution in [0.25, 0.3) is 0 Å². The topological polar surface area (TPSA) is 49.9 Å². The van der Waals surface area contributed by atoms with E-state index in [4.69, 9.17) is 4.74 Å². The van der Waals surface area contributed by atoms with Crippen molar-refractivity contribution in [1.29, 1.82) is 0 Å². The summed E-state index contributed by atoms with van der Waals surface area (Å²) in [4.78, 5) is 23.7. The summed E-state index contributed by atoms with van der Waals surface area (Å²) >= 11 is 0. The van der Waals surface area contributed by atoms with Gasteiger partial charge in [-0.1, -0.05) is 0 Å². The smallest absolute Gasteiger partial charge is 0.229 e. The fourth-order valence-corrected chi connectivity index (χ4v) is 1.58. The molecular weight excluding hydrogens is 170 g/mol. The van der Waals surface area contributed by atoms with Crippen LogP contribution in [-0.2, 0) is 14.3 Å². The number of imide groups is 1. The summed E-state index contributed by atoms with van der Waals surface area (Å²) in [5.41, 5.74) is -0.150. The zero-order chi connectivity index (χ0) is 9.64. The Labute approximate surface area is 76.8 Å². The van der Waals surface area contributed by atoms with E-state index in [0.29, 0.717) is 19.4 Å². The maximum Gasteiger partial charge on any atom is 0.229 e. The van der Waals surface area contributed by atoms with Crippen LogP contribution in [0.5, 0.6) is 0 Å². The molecule has 1 atom stereocenters. The number of nitrogens with zero attached hydrogens (tertiary/aromatic N) is 1. The number of carbonyl (C=O) groups excluding carboxylic acids is 2. The van der Waals surface area contributed by atoms with Gasteiger partial charge in [-0.2, -0.15) is 0 Å². The molecule has 0 aliphatic carbocycles. The van der Waals surface area contributed by atoms with Gasteiger partial charge in [-0.05, 0) is 13.8 Å². The van der Waals surface area contributed by atoms with Gasteiger partial charge in [0.2, 0.25) is 11.8 Å². The Balaban J connectivity index is 1.95. The number of rotatable bonds is 2. The molecule has 2 saturated heterocycles. The second-order valence-electron chi connectivity index (χ2n) is 4.11. The monoisotopic (exact) mass is 183 g/mol. The van der Waals surface area contributed by atoms with Gasteiger partial charge >= 0.3 is 0 Å². The van der Waals surface area contributed by atoms with Gasteiger partial charge in [-0.3, -0.25) is 14.5 Å². The third-order valence-electron chi connectivity index (χ3n) is 2.67. The number of carbonyl (C=O) groups is 2. The third-order valence-corrected chi connectivity index (χ3v) is 2.67. The molecule has 0 saturated carbocycles. The van der Waals surface area contributed by atoms with Crippen molar-refractivity contribution >= 4 is 11.8 Å². The molecule has 2 amide bonds. The Kier molecular flexibility index (Phi) is 1.70. The van der Waals surface area contributed by atoms with Crippen LogP contribution in [0, 0.1) is 0 Å². The minimum absolute atomic E-state index is 0.0403. The molecule has 0 aromatic heterocycles. The molecule has 0 aromatic rings. The van der Waals surface area contributed by atoms with E-state index in [2.05, 4.69) is 0 Å². The highest BCUT2D eigenvalue weighted by molar-refractivity contribution is 6.01. The highest BCUT2D eigenvalue weighted by Gasteiger charge is 2.50. The predicted octanol–water partition coefficient (Wildman–Crippen LogP) is 0.313. The van der Waals surface area contributed by atoms with Crippen molar-refractivity contribution in [2.75, 3.05) is 6.54 Å². The van der Waals surface area contributed by atoms with Crippen LogP contribution in [0.1, 0.15) is 26.7 Å². The van der Waals surface area contributed by atoms with Crippen LogP contribution in [0.4, 0.5) is 0 Å². The van der Waals surface area contributed by atoms with E-state index in [-0.39, 0.29) is 23.5 Å². The van der Waals surface area contributed by atoms with E-state index in [9.17, 15) is 9.59 Å². The fraction of sp³-hybridized carbons (Fsp3) is 0.778. The molecule has 4 nitrogen and oxygen atoms in total. The van der Waals surface area contributed by atoms with Crippen molar-refractivity contribution in [1.82, 2.24) is 4.90 Å². The van der Waals surface area contributed by atoms with Gasteiger partial charge in [0.25, 0.3) is 0 Å². The average Bonchev–Trinajstić information content (AvgIpc) is 2.52. The lowest BCUT2D eigenvalue weighted by Gasteiger charge is -2.11. The standard InChI is InChI=1S/C9H13NO3/c1-9(2)6(13-9)5-10-7(11)3-4-8(10)12/h6H,3-5H2,1-2H3. The first kappa shape index (κ1) is 8.69. The van der Waals surface area contributed by atoms with E-state index in [1.54, 1.807) is 0 Å². The van der Waals surface area contributed by atoms with Gasteiger partial charge in [0.15, 0.2) is 0 Å². The molecule has 13 heavy (non-hydrogen) atoms. The quantitative estimate of drug-likeness (QED) is 0.457. The van der Waals surface area contributed by atoms with Gasteiger partial charge < -0.3 is 4.74 Å². The molecule has 0 spiro atoms. The first-order valence-electron chi connectivity index (χ1n) is 4.52. The molecule has 0 radical (unpaired) electrons. The molecule has 1 unspecified atom stereocenters. The minimum Gasteiger partial charge on any atom is -0.365 e. The molecule has 2 fully saturated rings. The zero-order valence-electron chi connectivity index (χ0n) is 7.87. The summed E-state index contributed by atoms with van der Waals surface area (Å²) < 4.78 is 5.32. The summed E-state index contributed by atoms with van der Waals surface area (Å²) in [7, 11) is 0. The molecule has 72 valence electrons. The highest BCUT2D eigenvalue weighted by atomic mass is 16.6. The first-order valence-corrected chi connectivity index (χ1v) is 4.52. The highest BCUT2D eigenvalue weighted by Crippen LogP contribution is 2.36. The van der Waals surface area contributed by atoms with E-state index in [1.165, 1.54) is 4.90 Å². The molecule has 0 N–H and O–H groups in total. The molecule has 2 rings (SSSR count). The van der Waals surface area contributed by atoms with Crippen molar-refractivity contribution in [3.05, 3.63) is 0 Å². The largest absolute Gasteiger partial charge is 0.365 e. The molecule has 4 heteroatoms. The molecule has 0 bridgehead atoms. The van der Waals surface area contributed by atoms with E-state index in [0.717, 1.165) is 0 Å².